The molecular weight excluding hydrogens is 238 g/mol. The lowest BCUT2D eigenvalue weighted by atomic mass is 9.82. The number of halogens is 1. The van der Waals surface area contributed by atoms with Crippen molar-refractivity contribution in [3.05, 3.63) is 0 Å². The number of rotatable bonds is 3. The van der Waals surface area contributed by atoms with Gasteiger partial charge in [0.1, 0.15) is 0 Å². The second-order valence-electron chi connectivity index (χ2n) is 5.04. The summed E-state index contributed by atoms with van der Waals surface area (Å²) >= 11 is 3.78. The third-order valence-corrected chi connectivity index (χ3v) is 4.72. The summed E-state index contributed by atoms with van der Waals surface area (Å²) in [5.41, 5.74) is 0. The van der Waals surface area contributed by atoms with Crippen LogP contribution in [0.1, 0.15) is 39.0 Å². The number of nitrogens with zero attached hydrogens (tertiary/aromatic N) is 1. The van der Waals surface area contributed by atoms with Crippen molar-refractivity contribution in [1.29, 1.82) is 0 Å². The second kappa shape index (κ2) is 4.98. The zero-order valence-electron chi connectivity index (χ0n) is 9.21. The molecule has 14 heavy (non-hydrogen) atoms. The van der Waals surface area contributed by atoms with Gasteiger partial charge in [0.2, 0.25) is 0 Å². The number of unbranched alkanes of at least 4 members (excludes halogenated alkanes) is 1. The van der Waals surface area contributed by atoms with Crippen molar-refractivity contribution in [2.24, 2.45) is 11.8 Å². The molecule has 0 aromatic carbocycles. The minimum absolute atomic E-state index is 0.815. The van der Waals surface area contributed by atoms with Crippen molar-refractivity contribution in [3.8, 4) is 0 Å². The van der Waals surface area contributed by atoms with Crippen LogP contribution in [0, 0.1) is 11.8 Å². The van der Waals surface area contributed by atoms with E-state index in [1.807, 2.05) is 0 Å². The molecule has 1 heterocycles. The van der Waals surface area contributed by atoms with Crippen LogP contribution in [0.15, 0.2) is 0 Å². The molecule has 1 saturated carbocycles. The van der Waals surface area contributed by atoms with Gasteiger partial charge in [-0.15, -0.1) is 0 Å². The lowest BCUT2D eigenvalue weighted by molar-refractivity contribution is 0.309. The van der Waals surface area contributed by atoms with E-state index in [0.29, 0.717) is 0 Å². The molecule has 2 aliphatic rings. The molecule has 2 heteroatoms. The van der Waals surface area contributed by atoms with Gasteiger partial charge >= 0.3 is 0 Å². The van der Waals surface area contributed by atoms with Gasteiger partial charge in [-0.1, -0.05) is 29.3 Å². The van der Waals surface area contributed by atoms with Gasteiger partial charge in [0.05, 0.1) is 0 Å². The minimum Gasteiger partial charge on any atom is -0.303 e. The third kappa shape index (κ3) is 2.52. The fourth-order valence-corrected chi connectivity index (χ4v) is 3.78. The smallest absolute Gasteiger partial charge is 0.0149 e. The molecule has 0 N–H and O–H groups in total. The molecule has 2 rings (SSSR count). The predicted molar refractivity (Wildman–Crippen MR) is 64.9 cm³/mol. The fourth-order valence-electron chi connectivity index (χ4n) is 3.04. The molecule has 0 bridgehead atoms. The summed E-state index contributed by atoms with van der Waals surface area (Å²) in [5.74, 6) is 2.03. The van der Waals surface area contributed by atoms with E-state index >= 15 is 0 Å². The number of fused-ring (bicyclic) bond motifs is 1. The molecule has 1 saturated heterocycles. The fraction of sp³-hybridized carbons (Fsp3) is 1.00. The Hall–Kier alpha value is 0.440. The Morgan fingerprint density at radius 1 is 1.21 bits per heavy atom. The van der Waals surface area contributed by atoms with E-state index < -0.39 is 0 Å². The molecule has 0 spiro atoms. The molecular formula is C12H22BrN. The number of likely N-dealkylation sites (tertiary alicyclic amines) is 1. The van der Waals surface area contributed by atoms with Crippen LogP contribution in [-0.2, 0) is 0 Å². The first-order valence-electron chi connectivity index (χ1n) is 6.16. The van der Waals surface area contributed by atoms with Crippen molar-refractivity contribution in [1.82, 2.24) is 4.90 Å². The predicted octanol–water partition coefficient (Wildman–Crippen LogP) is 3.28. The van der Waals surface area contributed by atoms with Crippen LogP contribution < -0.4 is 0 Å². The molecule has 82 valence electrons. The van der Waals surface area contributed by atoms with E-state index in [2.05, 4.69) is 27.8 Å². The van der Waals surface area contributed by atoms with E-state index in [1.54, 1.807) is 0 Å². The van der Waals surface area contributed by atoms with Gasteiger partial charge in [-0.3, -0.25) is 0 Å². The van der Waals surface area contributed by atoms with Crippen molar-refractivity contribution in [2.75, 3.05) is 19.6 Å². The summed E-state index contributed by atoms with van der Waals surface area (Å²) in [4.78, 5) is 3.51. The third-order valence-electron chi connectivity index (χ3n) is 3.89. The van der Waals surface area contributed by atoms with E-state index in [0.717, 1.165) is 16.7 Å². The van der Waals surface area contributed by atoms with Crippen LogP contribution in [0.2, 0.25) is 0 Å². The Morgan fingerprint density at radius 3 is 2.79 bits per heavy atom. The first-order chi connectivity index (χ1) is 6.79. The van der Waals surface area contributed by atoms with Crippen molar-refractivity contribution >= 4 is 15.9 Å². The van der Waals surface area contributed by atoms with Crippen LogP contribution in [-0.4, -0.2) is 29.4 Å². The van der Waals surface area contributed by atoms with Crippen molar-refractivity contribution < 1.29 is 0 Å². The van der Waals surface area contributed by atoms with Crippen LogP contribution in [0.4, 0.5) is 0 Å². The minimum atomic E-state index is 0.815. The quantitative estimate of drug-likeness (QED) is 0.704. The van der Waals surface area contributed by atoms with E-state index in [9.17, 15) is 0 Å². The van der Waals surface area contributed by atoms with Gasteiger partial charge in [0.25, 0.3) is 0 Å². The van der Waals surface area contributed by atoms with Crippen LogP contribution in [0.5, 0.6) is 0 Å². The Balaban J connectivity index is 1.80. The average molecular weight is 260 g/mol. The standard InChI is InChI=1S/C12H22BrN/c1-2-3-6-14-8-10-4-5-12(13)7-11(10)9-14/h10-12H,2-9H2,1H3. The van der Waals surface area contributed by atoms with Crippen LogP contribution in [0.3, 0.4) is 0 Å². The summed E-state index contributed by atoms with van der Waals surface area (Å²) in [7, 11) is 0. The highest BCUT2D eigenvalue weighted by Gasteiger charge is 2.36. The van der Waals surface area contributed by atoms with Gasteiger partial charge < -0.3 is 4.90 Å². The highest BCUT2D eigenvalue weighted by atomic mass is 79.9. The summed E-state index contributed by atoms with van der Waals surface area (Å²) in [6.45, 7) is 6.41. The Bertz CT molecular complexity index is 183. The van der Waals surface area contributed by atoms with Gasteiger partial charge in [0, 0.05) is 17.9 Å². The number of alkyl halides is 1. The highest BCUT2D eigenvalue weighted by molar-refractivity contribution is 9.09. The molecule has 3 atom stereocenters. The maximum absolute atomic E-state index is 3.78. The zero-order chi connectivity index (χ0) is 9.97. The SMILES string of the molecule is CCCCN1CC2CCC(Br)CC2C1. The monoisotopic (exact) mass is 259 g/mol. The van der Waals surface area contributed by atoms with E-state index in [4.69, 9.17) is 0 Å². The Labute approximate surface area is 96.4 Å². The van der Waals surface area contributed by atoms with E-state index in [-0.39, 0.29) is 0 Å². The van der Waals surface area contributed by atoms with Crippen LogP contribution in [0.25, 0.3) is 0 Å². The molecule has 1 aliphatic heterocycles. The first kappa shape index (κ1) is 10.9. The molecule has 2 fully saturated rings. The second-order valence-corrected chi connectivity index (χ2v) is 6.34. The van der Waals surface area contributed by atoms with Crippen molar-refractivity contribution in [2.45, 2.75) is 43.9 Å². The van der Waals surface area contributed by atoms with Crippen molar-refractivity contribution in [3.63, 3.8) is 0 Å². The van der Waals surface area contributed by atoms with Crippen LogP contribution >= 0.6 is 15.9 Å². The van der Waals surface area contributed by atoms with Gasteiger partial charge in [-0.05, 0) is 44.1 Å². The molecule has 1 nitrogen and oxygen atoms in total. The normalized spacial score (nSPS) is 38.6. The lowest BCUT2D eigenvalue weighted by Gasteiger charge is -2.27. The largest absolute Gasteiger partial charge is 0.303 e. The summed E-state index contributed by atoms with van der Waals surface area (Å²) in [6, 6.07) is 0. The Kier molecular flexibility index (Phi) is 3.89. The topological polar surface area (TPSA) is 3.24 Å². The van der Waals surface area contributed by atoms with Gasteiger partial charge in [0.15, 0.2) is 0 Å². The molecule has 1 aliphatic carbocycles. The average Bonchev–Trinajstić information content (AvgIpc) is 2.56. The van der Waals surface area contributed by atoms with E-state index in [1.165, 1.54) is 51.7 Å². The number of hydrogen-bond donors (Lipinski definition) is 0. The lowest BCUT2D eigenvalue weighted by Crippen LogP contribution is -2.23. The maximum atomic E-state index is 3.78. The van der Waals surface area contributed by atoms with Gasteiger partial charge in [-0.25, -0.2) is 0 Å². The van der Waals surface area contributed by atoms with Gasteiger partial charge in [-0.2, -0.15) is 0 Å². The molecule has 0 aromatic rings. The molecule has 0 aromatic heterocycles. The molecule has 3 unspecified atom stereocenters. The summed E-state index contributed by atoms with van der Waals surface area (Å²) in [6.07, 6.45) is 7.02. The summed E-state index contributed by atoms with van der Waals surface area (Å²) in [5, 5.41) is 0. The Morgan fingerprint density at radius 2 is 2.00 bits per heavy atom. The zero-order valence-corrected chi connectivity index (χ0v) is 10.8. The molecule has 0 amide bonds. The highest BCUT2D eigenvalue weighted by Crippen LogP contribution is 2.38. The first-order valence-corrected chi connectivity index (χ1v) is 7.07. The summed E-state index contributed by atoms with van der Waals surface area (Å²) < 4.78 is 0. The molecule has 0 radical (unpaired) electrons. The number of hydrogen-bond acceptors (Lipinski definition) is 1. The maximum Gasteiger partial charge on any atom is 0.0149 e.